The molecule has 0 aliphatic carbocycles. The lowest BCUT2D eigenvalue weighted by molar-refractivity contribution is -0.0154. The number of ether oxygens (including phenoxy) is 3. The highest BCUT2D eigenvalue weighted by atomic mass is 16.6. The third kappa shape index (κ3) is 4.51. The van der Waals surface area contributed by atoms with Gasteiger partial charge in [-0.3, -0.25) is 10.5 Å². The number of rotatable bonds is 9. The number of hydrogen-bond donors (Lipinski definition) is 2. The molecule has 1 atom stereocenters. The van der Waals surface area contributed by atoms with Crippen LogP contribution in [0.4, 0.5) is 0 Å². The summed E-state index contributed by atoms with van der Waals surface area (Å²) in [6.45, 7) is 2.83. The number of carbonyl (C=O) groups is 1. The van der Waals surface area contributed by atoms with Crippen molar-refractivity contribution in [2.45, 2.75) is 38.3 Å². The number of unbranched alkanes of at least 4 members (excludes halogenated alkanes) is 3. The highest BCUT2D eigenvalue weighted by Gasteiger charge is 2.41. The summed E-state index contributed by atoms with van der Waals surface area (Å²) in [4.78, 5) is 13.2. The van der Waals surface area contributed by atoms with Crippen molar-refractivity contribution in [3.8, 4) is 17.2 Å². The summed E-state index contributed by atoms with van der Waals surface area (Å²) in [5.41, 5.74) is 5.67. The van der Waals surface area contributed by atoms with Crippen LogP contribution >= 0.6 is 0 Å². The Labute approximate surface area is 179 Å². The van der Waals surface area contributed by atoms with Crippen molar-refractivity contribution >= 4 is 5.78 Å². The molecule has 2 aromatic carbocycles. The van der Waals surface area contributed by atoms with E-state index in [1.54, 1.807) is 42.5 Å². The molecule has 1 aliphatic heterocycles. The minimum absolute atomic E-state index is 0.0124. The van der Waals surface area contributed by atoms with Crippen LogP contribution in [0, 0.1) is 0 Å². The van der Waals surface area contributed by atoms with Gasteiger partial charge in [-0.2, -0.15) is 5.21 Å². The summed E-state index contributed by atoms with van der Waals surface area (Å²) in [5, 5.41) is 13.6. The van der Waals surface area contributed by atoms with Crippen molar-refractivity contribution in [2.24, 2.45) is 5.73 Å². The van der Waals surface area contributed by atoms with Gasteiger partial charge in [0.05, 0.1) is 12.2 Å². The van der Waals surface area contributed by atoms with E-state index in [0.29, 0.717) is 23.5 Å². The topological polar surface area (TPSA) is 125 Å². The summed E-state index contributed by atoms with van der Waals surface area (Å²) in [6.07, 6.45) is 4.57. The number of aromatic amines is 1. The number of para-hydroxylation sites is 1. The van der Waals surface area contributed by atoms with E-state index in [4.69, 9.17) is 19.9 Å². The molecule has 3 N–H and O–H groups in total. The molecule has 1 unspecified atom stereocenters. The minimum Gasteiger partial charge on any atom is -0.494 e. The second-order valence-corrected chi connectivity index (χ2v) is 7.41. The van der Waals surface area contributed by atoms with Gasteiger partial charge in [-0.15, -0.1) is 10.2 Å². The summed E-state index contributed by atoms with van der Waals surface area (Å²) < 4.78 is 17.5. The van der Waals surface area contributed by atoms with Crippen LogP contribution in [-0.2, 0) is 5.72 Å². The van der Waals surface area contributed by atoms with Crippen LogP contribution in [0.3, 0.4) is 0 Å². The van der Waals surface area contributed by atoms with Crippen LogP contribution < -0.4 is 19.9 Å². The SMILES string of the molecule is CCCCCCOc1ccc(C(=O)c2cccc3c2OC(N)(c2nn[nH]n2)CO3)cc1. The third-order valence-corrected chi connectivity index (χ3v) is 5.06. The first-order valence-electron chi connectivity index (χ1n) is 10.4. The number of benzene rings is 2. The second-order valence-electron chi connectivity index (χ2n) is 7.41. The number of hydrogen-bond acceptors (Lipinski definition) is 8. The van der Waals surface area contributed by atoms with Crippen LogP contribution in [0.2, 0.25) is 0 Å². The Morgan fingerprint density at radius 3 is 2.77 bits per heavy atom. The number of tetrazole rings is 1. The van der Waals surface area contributed by atoms with E-state index in [1.807, 2.05) is 0 Å². The molecule has 0 saturated heterocycles. The molecule has 0 spiro atoms. The Kier molecular flexibility index (Phi) is 6.13. The largest absolute Gasteiger partial charge is 0.494 e. The van der Waals surface area contributed by atoms with Crippen LogP contribution in [-0.4, -0.2) is 39.6 Å². The number of carbonyl (C=O) groups excluding carboxylic acids is 1. The first-order chi connectivity index (χ1) is 15.1. The predicted molar refractivity (Wildman–Crippen MR) is 112 cm³/mol. The maximum absolute atomic E-state index is 13.2. The average molecular weight is 423 g/mol. The molecule has 31 heavy (non-hydrogen) atoms. The normalized spacial score (nSPS) is 17.4. The Morgan fingerprint density at radius 1 is 1.19 bits per heavy atom. The van der Waals surface area contributed by atoms with E-state index in [9.17, 15) is 4.79 Å². The van der Waals surface area contributed by atoms with Gasteiger partial charge in [-0.1, -0.05) is 32.3 Å². The van der Waals surface area contributed by atoms with Crippen molar-refractivity contribution in [2.75, 3.05) is 13.2 Å². The monoisotopic (exact) mass is 423 g/mol. The Morgan fingerprint density at radius 2 is 2.03 bits per heavy atom. The third-order valence-electron chi connectivity index (χ3n) is 5.06. The number of fused-ring (bicyclic) bond motifs is 1. The quantitative estimate of drug-likeness (QED) is 0.397. The molecular weight excluding hydrogens is 398 g/mol. The number of nitrogens with one attached hydrogen (secondary N) is 1. The minimum atomic E-state index is -1.45. The molecule has 0 amide bonds. The van der Waals surface area contributed by atoms with Gasteiger partial charge in [0.15, 0.2) is 17.3 Å². The van der Waals surface area contributed by atoms with Crippen LogP contribution in [0.1, 0.15) is 54.4 Å². The van der Waals surface area contributed by atoms with Crippen molar-refractivity contribution < 1.29 is 19.0 Å². The fourth-order valence-electron chi connectivity index (χ4n) is 3.34. The smallest absolute Gasteiger partial charge is 0.257 e. The zero-order chi connectivity index (χ0) is 21.7. The lowest BCUT2D eigenvalue weighted by atomic mass is 10.0. The van der Waals surface area contributed by atoms with E-state index in [2.05, 4.69) is 27.5 Å². The van der Waals surface area contributed by atoms with Gasteiger partial charge in [0.1, 0.15) is 12.4 Å². The van der Waals surface area contributed by atoms with E-state index >= 15 is 0 Å². The fourth-order valence-corrected chi connectivity index (χ4v) is 3.34. The Hall–Kier alpha value is -3.46. The highest BCUT2D eigenvalue weighted by Crippen LogP contribution is 2.40. The molecular formula is C22H25N5O4. The molecule has 4 rings (SSSR count). The number of H-pyrrole nitrogens is 1. The van der Waals surface area contributed by atoms with Gasteiger partial charge >= 0.3 is 0 Å². The first-order valence-corrected chi connectivity index (χ1v) is 10.4. The summed E-state index contributed by atoms with van der Waals surface area (Å²) in [5.74, 6) is 1.35. The molecule has 3 aromatic rings. The van der Waals surface area contributed by atoms with Gasteiger partial charge in [0.25, 0.3) is 5.72 Å². The zero-order valence-corrected chi connectivity index (χ0v) is 17.3. The molecule has 2 heterocycles. The predicted octanol–water partition coefficient (Wildman–Crippen LogP) is 2.97. The van der Waals surface area contributed by atoms with Gasteiger partial charge in [-0.25, -0.2) is 0 Å². The van der Waals surface area contributed by atoms with E-state index in [-0.39, 0.29) is 24.0 Å². The molecule has 0 fully saturated rings. The number of aromatic nitrogens is 4. The van der Waals surface area contributed by atoms with Crippen LogP contribution in [0.25, 0.3) is 0 Å². The molecule has 1 aliphatic rings. The molecule has 162 valence electrons. The number of ketones is 1. The average Bonchev–Trinajstić information content (AvgIpc) is 3.35. The van der Waals surface area contributed by atoms with Gasteiger partial charge in [0.2, 0.25) is 5.82 Å². The Bertz CT molecular complexity index is 1020. The van der Waals surface area contributed by atoms with Crippen molar-refractivity contribution in [3.05, 3.63) is 59.4 Å². The Balaban J connectivity index is 1.50. The molecule has 9 nitrogen and oxygen atoms in total. The second kappa shape index (κ2) is 9.13. The van der Waals surface area contributed by atoms with E-state index < -0.39 is 5.72 Å². The van der Waals surface area contributed by atoms with Crippen molar-refractivity contribution in [1.29, 1.82) is 0 Å². The number of nitrogens with two attached hydrogens (primary N) is 1. The maximum Gasteiger partial charge on any atom is 0.257 e. The van der Waals surface area contributed by atoms with Gasteiger partial charge < -0.3 is 14.2 Å². The van der Waals surface area contributed by atoms with Crippen molar-refractivity contribution in [1.82, 2.24) is 20.6 Å². The first kappa shape index (κ1) is 20.8. The summed E-state index contributed by atoms with van der Waals surface area (Å²) in [6, 6.07) is 12.2. The van der Waals surface area contributed by atoms with Crippen LogP contribution in [0.5, 0.6) is 17.2 Å². The maximum atomic E-state index is 13.2. The fraction of sp³-hybridized carbons (Fsp3) is 0.364. The van der Waals surface area contributed by atoms with Gasteiger partial charge in [-0.05, 0) is 48.0 Å². The summed E-state index contributed by atoms with van der Waals surface area (Å²) >= 11 is 0. The zero-order valence-electron chi connectivity index (χ0n) is 17.3. The lowest BCUT2D eigenvalue weighted by Crippen LogP contribution is -2.51. The molecule has 1 aromatic heterocycles. The standard InChI is InChI=1S/C22H25N5O4/c1-2-3-4-5-13-29-16-11-9-15(10-12-16)19(28)17-7-6-8-18-20(17)31-22(23,14-30-18)21-24-26-27-25-21/h6-12H,2-5,13-14,23H2,1H3,(H,24,25,26,27). The van der Waals surface area contributed by atoms with E-state index in [1.165, 1.54) is 12.8 Å². The lowest BCUT2D eigenvalue weighted by Gasteiger charge is -2.33. The van der Waals surface area contributed by atoms with Crippen LogP contribution in [0.15, 0.2) is 42.5 Å². The van der Waals surface area contributed by atoms with Gasteiger partial charge in [0, 0.05) is 5.56 Å². The molecule has 0 saturated carbocycles. The molecule has 0 radical (unpaired) electrons. The van der Waals surface area contributed by atoms with Crippen molar-refractivity contribution in [3.63, 3.8) is 0 Å². The van der Waals surface area contributed by atoms with E-state index in [0.717, 1.165) is 18.6 Å². The number of nitrogens with zero attached hydrogens (tertiary/aromatic N) is 3. The molecule has 0 bridgehead atoms. The summed E-state index contributed by atoms with van der Waals surface area (Å²) in [7, 11) is 0. The molecule has 9 heteroatoms. The highest BCUT2D eigenvalue weighted by molar-refractivity contribution is 6.11.